The summed E-state index contributed by atoms with van der Waals surface area (Å²) in [5.41, 5.74) is 7.33. The molecule has 0 fully saturated rings. The summed E-state index contributed by atoms with van der Waals surface area (Å²) in [5, 5.41) is 11.9. The van der Waals surface area contributed by atoms with E-state index in [1.807, 2.05) is 24.3 Å². The molecule has 0 aliphatic carbocycles. The molecule has 0 aliphatic rings. The van der Waals surface area contributed by atoms with Crippen LogP contribution in [0.25, 0.3) is 10.8 Å². The van der Waals surface area contributed by atoms with Crippen LogP contribution in [0, 0.1) is 0 Å². The van der Waals surface area contributed by atoms with Gasteiger partial charge in [-0.15, -0.1) is 13.2 Å². The van der Waals surface area contributed by atoms with Crippen LogP contribution >= 0.6 is 0 Å². The lowest BCUT2D eigenvalue weighted by molar-refractivity contribution is -0.274. The van der Waals surface area contributed by atoms with Crippen LogP contribution in [0.3, 0.4) is 0 Å². The number of ether oxygens (including phenoxy) is 1. The zero-order valence-corrected chi connectivity index (χ0v) is 12.4. The molecule has 3 aromatic rings. The maximum absolute atomic E-state index is 12.2. The second kappa shape index (κ2) is 6.05. The van der Waals surface area contributed by atoms with E-state index in [9.17, 15) is 18.3 Å². The average molecular weight is 333 g/mol. The molecule has 0 saturated heterocycles. The van der Waals surface area contributed by atoms with Gasteiger partial charge in [0.05, 0.1) is 6.04 Å². The standard InChI is InChI=1S/C18H14F3NO2/c19-18(20,21)24-13-8-5-12(6-9-13)17(22)16-14-4-2-1-3-11(14)7-10-15(16)23/h1-10,17,23H,22H2/t17-/m1/s1. The first-order valence-corrected chi connectivity index (χ1v) is 7.17. The Kier molecular flexibility index (Phi) is 4.07. The molecule has 0 unspecified atom stereocenters. The fourth-order valence-electron chi connectivity index (χ4n) is 2.65. The molecule has 6 heteroatoms. The SMILES string of the molecule is N[C@H](c1ccc(OC(F)(F)F)cc1)c1c(O)ccc2ccccc12. The van der Waals surface area contributed by atoms with E-state index in [4.69, 9.17) is 5.73 Å². The molecule has 124 valence electrons. The first-order valence-electron chi connectivity index (χ1n) is 7.17. The van der Waals surface area contributed by atoms with Crippen molar-refractivity contribution in [3.8, 4) is 11.5 Å². The fraction of sp³-hybridized carbons (Fsp3) is 0.111. The molecule has 0 heterocycles. The van der Waals surface area contributed by atoms with E-state index in [2.05, 4.69) is 4.74 Å². The van der Waals surface area contributed by atoms with Gasteiger partial charge in [-0.3, -0.25) is 0 Å². The largest absolute Gasteiger partial charge is 0.573 e. The van der Waals surface area contributed by atoms with Crippen LogP contribution in [-0.4, -0.2) is 11.5 Å². The summed E-state index contributed by atoms with van der Waals surface area (Å²) in [7, 11) is 0. The van der Waals surface area contributed by atoms with Gasteiger partial charge in [-0.2, -0.15) is 0 Å². The molecule has 0 saturated carbocycles. The quantitative estimate of drug-likeness (QED) is 0.742. The maximum Gasteiger partial charge on any atom is 0.573 e. The first-order chi connectivity index (χ1) is 11.3. The van der Waals surface area contributed by atoms with Gasteiger partial charge in [0.15, 0.2) is 0 Å². The lowest BCUT2D eigenvalue weighted by Crippen LogP contribution is -2.17. The predicted molar refractivity (Wildman–Crippen MR) is 84.8 cm³/mol. The predicted octanol–water partition coefficient (Wildman–Crippen LogP) is 4.49. The highest BCUT2D eigenvalue weighted by Gasteiger charge is 2.31. The molecular weight excluding hydrogens is 319 g/mol. The van der Waals surface area contributed by atoms with E-state index in [1.165, 1.54) is 24.3 Å². The molecule has 0 spiro atoms. The summed E-state index contributed by atoms with van der Waals surface area (Å²) >= 11 is 0. The Bertz CT molecular complexity index is 860. The number of alkyl halides is 3. The number of nitrogens with two attached hydrogens (primary N) is 1. The van der Waals surface area contributed by atoms with Crippen LogP contribution in [-0.2, 0) is 0 Å². The number of phenols is 1. The number of hydrogen-bond acceptors (Lipinski definition) is 3. The Morgan fingerprint density at radius 3 is 2.25 bits per heavy atom. The molecule has 3 nitrogen and oxygen atoms in total. The molecule has 3 aromatic carbocycles. The van der Waals surface area contributed by atoms with Gasteiger partial charge in [-0.25, -0.2) is 0 Å². The monoisotopic (exact) mass is 333 g/mol. The maximum atomic E-state index is 12.2. The van der Waals surface area contributed by atoms with Crippen LogP contribution in [0.2, 0.25) is 0 Å². The van der Waals surface area contributed by atoms with Gasteiger partial charge in [0.2, 0.25) is 0 Å². The van der Waals surface area contributed by atoms with Gasteiger partial charge in [0, 0.05) is 5.56 Å². The fourth-order valence-corrected chi connectivity index (χ4v) is 2.65. The second-order valence-electron chi connectivity index (χ2n) is 5.31. The zero-order valence-electron chi connectivity index (χ0n) is 12.4. The minimum atomic E-state index is -4.74. The highest BCUT2D eigenvalue weighted by atomic mass is 19.4. The van der Waals surface area contributed by atoms with E-state index in [-0.39, 0.29) is 11.5 Å². The Balaban J connectivity index is 1.98. The van der Waals surface area contributed by atoms with E-state index in [0.717, 1.165) is 10.8 Å². The van der Waals surface area contributed by atoms with Crippen molar-refractivity contribution in [2.75, 3.05) is 0 Å². The molecular formula is C18H14F3NO2. The van der Waals surface area contributed by atoms with Crippen LogP contribution in [0.4, 0.5) is 13.2 Å². The summed E-state index contributed by atoms with van der Waals surface area (Å²) in [6, 6.07) is 15.4. The zero-order chi connectivity index (χ0) is 17.3. The van der Waals surface area contributed by atoms with Gasteiger partial charge in [-0.05, 0) is 34.5 Å². The molecule has 0 aliphatic heterocycles. The third-order valence-corrected chi connectivity index (χ3v) is 3.73. The molecule has 0 bridgehead atoms. The normalized spacial score (nSPS) is 13.0. The number of aromatic hydroxyl groups is 1. The topological polar surface area (TPSA) is 55.5 Å². The van der Waals surface area contributed by atoms with Crippen LogP contribution in [0.1, 0.15) is 17.2 Å². The highest BCUT2D eigenvalue weighted by molar-refractivity contribution is 5.88. The minimum Gasteiger partial charge on any atom is -0.508 e. The van der Waals surface area contributed by atoms with Crippen molar-refractivity contribution >= 4 is 10.8 Å². The number of hydrogen-bond donors (Lipinski definition) is 2. The van der Waals surface area contributed by atoms with Gasteiger partial charge < -0.3 is 15.6 Å². The van der Waals surface area contributed by atoms with Crippen molar-refractivity contribution in [2.24, 2.45) is 5.73 Å². The molecule has 24 heavy (non-hydrogen) atoms. The number of rotatable bonds is 3. The number of benzene rings is 3. The Hall–Kier alpha value is -2.73. The van der Waals surface area contributed by atoms with Crippen LogP contribution < -0.4 is 10.5 Å². The smallest absolute Gasteiger partial charge is 0.508 e. The molecule has 3 N–H and O–H groups in total. The third-order valence-electron chi connectivity index (χ3n) is 3.73. The van der Waals surface area contributed by atoms with Crippen molar-refractivity contribution in [1.82, 2.24) is 0 Å². The van der Waals surface area contributed by atoms with Gasteiger partial charge in [0.25, 0.3) is 0 Å². The van der Waals surface area contributed by atoms with Crippen molar-refractivity contribution in [3.63, 3.8) is 0 Å². The van der Waals surface area contributed by atoms with Crippen molar-refractivity contribution < 1.29 is 23.0 Å². The van der Waals surface area contributed by atoms with Gasteiger partial charge >= 0.3 is 6.36 Å². The Morgan fingerprint density at radius 1 is 0.917 bits per heavy atom. The summed E-state index contributed by atoms with van der Waals surface area (Å²) in [6.07, 6.45) is -4.74. The number of halogens is 3. The molecule has 1 atom stereocenters. The molecule has 3 rings (SSSR count). The van der Waals surface area contributed by atoms with Gasteiger partial charge in [0.1, 0.15) is 11.5 Å². The summed E-state index contributed by atoms with van der Waals surface area (Å²) in [5.74, 6) is -0.280. The summed E-state index contributed by atoms with van der Waals surface area (Å²) in [4.78, 5) is 0. The summed E-state index contributed by atoms with van der Waals surface area (Å²) < 4.78 is 40.5. The van der Waals surface area contributed by atoms with E-state index in [0.29, 0.717) is 11.1 Å². The molecule has 0 radical (unpaired) electrons. The summed E-state index contributed by atoms with van der Waals surface area (Å²) in [6.45, 7) is 0. The highest BCUT2D eigenvalue weighted by Crippen LogP contribution is 2.35. The lowest BCUT2D eigenvalue weighted by Gasteiger charge is -2.17. The third kappa shape index (κ3) is 3.28. The Morgan fingerprint density at radius 2 is 1.58 bits per heavy atom. The van der Waals surface area contributed by atoms with Crippen molar-refractivity contribution in [2.45, 2.75) is 12.4 Å². The minimum absolute atomic E-state index is 0.0387. The van der Waals surface area contributed by atoms with Crippen molar-refractivity contribution in [1.29, 1.82) is 0 Å². The van der Waals surface area contributed by atoms with Crippen LogP contribution in [0.5, 0.6) is 11.5 Å². The first kappa shape index (κ1) is 16.1. The molecule has 0 amide bonds. The number of fused-ring (bicyclic) bond motifs is 1. The van der Waals surface area contributed by atoms with E-state index in [1.54, 1.807) is 12.1 Å². The number of phenolic OH excluding ortho intramolecular Hbond substituents is 1. The van der Waals surface area contributed by atoms with E-state index < -0.39 is 12.4 Å². The lowest BCUT2D eigenvalue weighted by atomic mass is 9.93. The van der Waals surface area contributed by atoms with Gasteiger partial charge in [-0.1, -0.05) is 42.5 Å². The Labute approximate surface area is 136 Å². The van der Waals surface area contributed by atoms with Crippen LogP contribution in [0.15, 0.2) is 60.7 Å². The van der Waals surface area contributed by atoms with E-state index >= 15 is 0 Å². The molecule has 0 aromatic heterocycles. The van der Waals surface area contributed by atoms with Crippen molar-refractivity contribution in [3.05, 3.63) is 71.8 Å². The average Bonchev–Trinajstić information content (AvgIpc) is 2.53. The second-order valence-corrected chi connectivity index (χ2v) is 5.31.